The Morgan fingerprint density at radius 1 is 0.955 bits per heavy atom. The van der Waals surface area contributed by atoms with Crippen LogP contribution in [0.1, 0.15) is 78.9 Å². The van der Waals surface area contributed by atoms with Crippen LogP contribution < -0.4 is 15.4 Å². The number of nitrogens with zero attached hydrogens (tertiary/aromatic N) is 2. The van der Waals surface area contributed by atoms with Crippen LogP contribution in [0.4, 0.5) is 5.69 Å². The first-order chi connectivity index (χ1) is 21.3. The summed E-state index contributed by atoms with van der Waals surface area (Å²) in [5.74, 6) is -0.439. The van der Waals surface area contributed by atoms with Crippen molar-refractivity contribution in [1.82, 2.24) is 15.1 Å². The van der Waals surface area contributed by atoms with Crippen LogP contribution in [-0.2, 0) is 9.59 Å². The second-order valence-electron chi connectivity index (χ2n) is 11.7. The van der Waals surface area contributed by atoms with Gasteiger partial charge in [-0.2, -0.15) is 5.10 Å². The number of aromatic nitrogens is 2. The second-order valence-corrected chi connectivity index (χ2v) is 11.7. The molecule has 0 aliphatic heterocycles. The molecule has 1 aromatic heterocycles. The molecule has 1 heterocycles. The monoisotopic (exact) mass is 592 g/mol. The van der Waals surface area contributed by atoms with E-state index in [9.17, 15) is 14.4 Å². The van der Waals surface area contributed by atoms with Crippen LogP contribution in [0, 0.1) is 0 Å². The average Bonchev–Trinajstić information content (AvgIpc) is 3.41. The van der Waals surface area contributed by atoms with Crippen molar-refractivity contribution in [2.45, 2.75) is 62.8 Å². The minimum atomic E-state index is -1.03. The van der Waals surface area contributed by atoms with Crippen LogP contribution in [0.15, 0.2) is 72.8 Å². The van der Waals surface area contributed by atoms with E-state index in [1.807, 2.05) is 47.1 Å². The normalized spacial score (nSPS) is 16.4. The zero-order valence-electron chi connectivity index (χ0n) is 24.7. The number of carboxylic acids is 1. The molecule has 2 aliphatic carbocycles. The Kier molecular flexibility index (Phi) is 8.19. The molecule has 9 nitrogen and oxygen atoms in total. The fourth-order valence-electron chi connectivity index (χ4n) is 6.26. The Hall–Kier alpha value is -4.92. The standard InChI is InChI=1S/C35H36N4O5/c1-44-28-16-14-27(15-17-28)39-32(24-6-3-2-4-7-24)29-18-11-25(22-30(29)38-39)33(42)37-35(20-5-21-35)34(43)36-26-12-8-23(9-13-26)10-19-31(40)41/h8-19,22,24H,2-7,20-21H2,1H3,(H,36,43)(H,37,42)(H,40,41)/b19-10+. The van der Waals surface area contributed by atoms with Crippen LogP contribution in [0.5, 0.6) is 5.75 Å². The molecule has 9 heteroatoms. The molecule has 226 valence electrons. The Labute approximate surface area is 255 Å². The summed E-state index contributed by atoms with van der Waals surface area (Å²) in [6.45, 7) is 0. The van der Waals surface area contributed by atoms with Crippen LogP contribution in [0.2, 0.25) is 0 Å². The molecule has 0 radical (unpaired) electrons. The van der Waals surface area contributed by atoms with Crippen LogP contribution in [0.3, 0.4) is 0 Å². The third-order valence-corrected chi connectivity index (χ3v) is 8.86. The number of aliphatic carboxylic acids is 1. The Balaban J connectivity index is 1.23. The number of amides is 2. The second kappa shape index (κ2) is 12.4. The molecule has 2 amide bonds. The topological polar surface area (TPSA) is 123 Å². The molecule has 4 aromatic rings. The van der Waals surface area contributed by atoms with Gasteiger partial charge in [0.15, 0.2) is 0 Å². The van der Waals surface area contributed by atoms with Crippen LogP contribution in [-0.4, -0.2) is 45.3 Å². The van der Waals surface area contributed by atoms with E-state index < -0.39 is 11.5 Å². The Morgan fingerprint density at radius 2 is 1.68 bits per heavy atom. The van der Waals surface area contributed by atoms with E-state index in [2.05, 4.69) is 10.6 Å². The highest BCUT2D eigenvalue weighted by atomic mass is 16.5. The van der Waals surface area contributed by atoms with Gasteiger partial charge >= 0.3 is 5.97 Å². The van der Waals surface area contributed by atoms with Crippen molar-refractivity contribution in [1.29, 1.82) is 0 Å². The summed E-state index contributed by atoms with van der Waals surface area (Å²) in [4.78, 5) is 37.7. The number of benzene rings is 3. The summed E-state index contributed by atoms with van der Waals surface area (Å²) in [6, 6.07) is 20.4. The van der Waals surface area contributed by atoms with Gasteiger partial charge in [-0.05, 0) is 92.3 Å². The molecule has 2 fully saturated rings. The Bertz CT molecular complexity index is 1710. The molecular formula is C35H36N4O5. The van der Waals surface area contributed by atoms with E-state index >= 15 is 0 Å². The van der Waals surface area contributed by atoms with Gasteiger partial charge in [-0.3, -0.25) is 9.59 Å². The minimum Gasteiger partial charge on any atom is -0.497 e. The van der Waals surface area contributed by atoms with Gasteiger partial charge in [0.1, 0.15) is 11.3 Å². The molecule has 2 aliphatic rings. The molecule has 6 rings (SSSR count). The number of hydrogen-bond donors (Lipinski definition) is 3. The number of nitrogens with one attached hydrogen (secondary N) is 2. The van der Waals surface area contributed by atoms with Gasteiger partial charge in [0.25, 0.3) is 5.91 Å². The van der Waals surface area contributed by atoms with E-state index in [-0.39, 0.29) is 11.8 Å². The van der Waals surface area contributed by atoms with E-state index in [4.69, 9.17) is 14.9 Å². The zero-order chi connectivity index (χ0) is 30.7. The quantitative estimate of drug-likeness (QED) is 0.192. The van der Waals surface area contributed by atoms with Gasteiger partial charge in [0.05, 0.1) is 24.0 Å². The summed E-state index contributed by atoms with van der Waals surface area (Å²) in [5.41, 5.74) is 3.61. The average molecular weight is 593 g/mol. The summed E-state index contributed by atoms with van der Waals surface area (Å²) >= 11 is 0. The number of carbonyl (C=O) groups excluding carboxylic acids is 2. The van der Waals surface area contributed by atoms with Crippen LogP contribution in [0.25, 0.3) is 22.7 Å². The number of carboxylic acid groups (broad SMARTS) is 1. The van der Waals surface area contributed by atoms with Gasteiger partial charge in [-0.1, -0.05) is 37.5 Å². The number of methoxy groups -OCH3 is 1. The molecule has 0 saturated heterocycles. The molecular weight excluding hydrogens is 556 g/mol. The first-order valence-electron chi connectivity index (χ1n) is 15.2. The number of hydrogen-bond acceptors (Lipinski definition) is 5. The maximum absolute atomic E-state index is 13.6. The maximum Gasteiger partial charge on any atom is 0.328 e. The highest BCUT2D eigenvalue weighted by Gasteiger charge is 2.45. The lowest BCUT2D eigenvalue weighted by Gasteiger charge is -2.40. The lowest BCUT2D eigenvalue weighted by Crippen LogP contribution is -2.61. The minimum absolute atomic E-state index is 0.268. The van der Waals surface area contributed by atoms with Gasteiger partial charge in [-0.25, -0.2) is 9.48 Å². The zero-order valence-corrected chi connectivity index (χ0v) is 24.7. The first kappa shape index (κ1) is 29.2. The third kappa shape index (κ3) is 5.95. The van der Waals surface area contributed by atoms with E-state index in [1.165, 1.54) is 31.0 Å². The van der Waals surface area contributed by atoms with Crippen molar-refractivity contribution in [3.8, 4) is 11.4 Å². The predicted molar refractivity (Wildman–Crippen MR) is 169 cm³/mol. The molecule has 0 spiro atoms. The molecule has 0 atom stereocenters. The van der Waals surface area contributed by atoms with Crippen molar-refractivity contribution >= 4 is 40.4 Å². The number of fused-ring (bicyclic) bond motifs is 1. The highest BCUT2D eigenvalue weighted by Crippen LogP contribution is 2.38. The molecule has 3 N–H and O–H groups in total. The smallest absolute Gasteiger partial charge is 0.328 e. The summed E-state index contributed by atoms with van der Waals surface area (Å²) < 4.78 is 7.37. The van der Waals surface area contributed by atoms with Crippen molar-refractivity contribution in [3.05, 3.63) is 89.6 Å². The van der Waals surface area contributed by atoms with Crippen molar-refractivity contribution < 1.29 is 24.2 Å². The van der Waals surface area contributed by atoms with Gasteiger partial charge < -0.3 is 20.5 Å². The van der Waals surface area contributed by atoms with Gasteiger partial charge in [0, 0.05) is 28.6 Å². The van der Waals surface area contributed by atoms with Gasteiger partial charge in [0.2, 0.25) is 5.91 Å². The van der Waals surface area contributed by atoms with E-state index in [1.54, 1.807) is 31.4 Å². The lowest BCUT2D eigenvalue weighted by atomic mass is 9.75. The third-order valence-electron chi connectivity index (χ3n) is 8.86. The number of anilines is 1. The first-order valence-corrected chi connectivity index (χ1v) is 15.2. The lowest BCUT2D eigenvalue weighted by molar-refractivity contribution is -0.131. The van der Waals surface area contributed by atoms with Crippen LogP contribution >= 0.6 is 0 Å². The SMILES string of the molecule is COc1ccc(-n2nc3cc(C(=O)NC4(C(=O)Nc5ccc(/C=C/C(=O)O)cc5)CCC4)ccc3c2C2CCCCC2)cc1. The molecule has 44 heavy (non-hydrogen) atoms. The van der Waals surface area contributed by atoms with Gasteiger partial charge in [-0.15, -0.1) is 0 Å². The van der Waals surface area contributed by atoms with E-state index in [0.717, 1.165) is 47.7 Å². The maximum atomic E-state index is 13.6. The number of carbonyl (C=O) groups is 3. The molecule has 0 unspecified atom stereocenters. The van der Waals surface area contributed by atoms with Crippen molar-refractivity contribution in [2.75, 3.05) is 12.4 Å². The largest absolute Gasteiger partial charge is 0.497 e. The number of ether oxygens (including phenoxy) is 1. The summed E-state index contributed by atoms with van der Waals surface area (Å²) in [5, 5.41) is 20.8. The Morgan fingerprint density at radius 3 is 2.32 bits per heavy atom. The fraction of sp³-hybridized carbons (Fsp3) is 0.314. The fourth-order valence-corrected chi connectivity index (χ4v) is 6.26. The van der Waals surface area contributed by atoms with E-state index in [0.29, 0.717) is 35.6 Å². The molecule has 3 aromatic carbocycles. The summed E-state index contributed by atoms with van der Waals surface area (Å²) in [6.07, 6.45) is 10.3. The van der Waals surface area contributed by atoms with Crippen molar-refractivity contribution in [3.63, 3.8) is 0 Å². The molecule has 0 bridgehead atoms. The highest BCUT2D eigenvalue weighted by molar-refractivity contribution is 6.05. The predicted octanol–water partition coefficient (Wildman–Crippen LogP) is 6.47. The summed E-state index contributed by atoms with van der Waals surface area (Å²) in [7, 11) is 1.65. The molecule has 2 saturated carbocycles. The van der Waals surface area contributed by atoms with Crippen molar-refractivity contribution in [2.24, 2.45) is 0 Å². The number of rotatable bonds is 9.